The molecule has 58 heavy (non-hydrogen) atoms. The van der Waals surface area contributed by atoms with Crippen molar-refractivity contribution in [3.8, 4) is 33.8 Å². The number of rotatable bonds is 4. The van der Waals surface area contributed by atoms with Gasteiger partial charge in [-0.3, -0.25) is 4.90 Å². The lowest BCUT2D eigenvalue weighted by Crippen LogP contribution is -2.34. The van der Waals surface area contributed by atoms with Crippen molar-refractivity contribution in [1.29, 1.82) is 0 Å². The predicted octanol–water partition coefficient (Wildman–Crippen LogP) is 14.0. The lowest BCUT2D eigenvalue weighted by atomic mass is 9.97. The molecule has 2 atom stereocenters. The normalized spacial score (nSPS) is 16.2. The van der Waals surface area contributed by atoms with Gasteiger partial charge < -0.3 is 4.57 Å². The van der Waals surface area contributed by atoms with Crippen LogP contribution in [0.25, 0.3) is 108 Å². The summed E-state index contributed by atoms with van der Waals surface area (Å²) in [5.41, 5.74) is 8.91. The van der Waals surface area contributed by atoms with Crippen LogP contribution in [0.4, 0.5) is 0 Å². The molecule has 5 heteroatoms. The third-order valence-corrected chi connectivity index (χ3v) is 13.4. The summed E-state index contributed by atoms with van der Waals surface area (Å²) >= 11 is 1.84. The van der Waals surface area contributed by atoms with Gasteiger partial charge in [0.1, 0.15) is 6.17 Å². The van der Waals surface area contributed by atoms with E-state index in [-0.39, 0.29) is 6.17 Å². The van der Waals surface area contributed by atoms with Gasteiger partial charge >= 0.3 is 0 Å². The minimum atomic E-state index is 0.155. The summed E-state index contributed by atoms with van der Waals surface area (Å²) in [7, 11) is 2.24. The van der Waals surface area contributed by atoms with Crippen LogP contribution in [-0.2, 0) is 0 Å². The van der Waals surface area contributed by atoms with Gasteiger partial charge in [0.25, 0.3) is 0 Å². The van der Waals surface area contributed by atoms with Crippen LogP contribution in [0.2, 0.25) is 0 Å². The van der Waals surface area contributed by atoms with Crippen molar-refractivity contribution in [3.63, 3.8) is 0 Å². The monoisotopic (exact) mass is 762 g/mol. The summed E-state index contributed by atoms with van der Waals surface area (Å²) in [6.45, 7) is 3.32. The Bertz CT molecular complexity index is 3480. The molecule has 0 fully saturated rings. The Labute approximate surface area is 339 Å². The maximum atomic E-state index is 5.47. The summed E-state index contributed by atoms with van der Waals surface area (Å²) in [6.07, 6.45) is 4.89. The van der Waals surface area contributed by atoms with Crippen LogP contribution < -0.4 is 0 Å². The van der Waals surface area contributed by atoms with Gasteiger partial charge in [-0.15, -0.1) is 11.3 Å². The quantitative estimate of drug-likeness (QED) is 0.167. The Kier molecular flexibility index (Phi) is 7.47. The number of hydrogen-bond donors (Lipinski definition) is 0. The Hall–Kier alpha value is -6.66. The van der Waals surface area contributed by atoms with Crippen LogP contribution in [0.1, 0.15) is 13.1 Å². The fourth-order valence-electron chi connectivity index (χ4n) is 9.52. The van der Waals surface area contributed by atoms with Crippen molar-refractivity contribution in [2.45, 2.75) is 13.1 Å². The second-order valence-corrected chi connectivity index (χ2v) is 17.1. The Morgan fingerprint density at radius 2 is 1.22 bits per heavy atom. The van der Waals surface area contributed by atoms with Gasteiger partial charge in [-0.05, 0) is 82.0 Å². The molecule has 0 saturated carbocycles. The van der Waals surface area contributed by atoms with Crippen molar-refractivity contribution in [3.05, 3.63) is 170 Å². The van der Waals surface area contributed by atoms with Crippen molar-refractivity contribution in [2.75, 3.05) is 13.6 Å². The average molecular weight is 763 g/mol. The van der Waals surface area contributed by atoms with Crippen molar-refractivity contribution in [2.24, 2.45) is 5.92 Å². The molecule has 276 valence electrons. The number of thiophene rings is 1. The second kappa shape index (κ2) is 12.9. The van der Waals surface area contributed by atoms with Crippen LogP contribution in [0.15, 0.2) is 170 Å². The molecule has 4 nitrogen and oxygen atoms in total. The molecule has 0 spiro atoms. The highest BCUT2D eigenvalue weighted by Gasteiger charge is 2.24. The fourth-order valence-corrected chi connectivity index (χ4v) is 10.7. The van der Waals surface area contributed by atoms with E-state index in [0.717, 1.165) is 45.7 Å². The van der Waals surface area contributed by atoms with Gasteiger partial charge in [0.2, 0.25) is 0 Å². The molecule has 0 aliphatic carbocycles. The van der Waals surface area contributed by atoms with Crippen LogP contribution in [0.5, 0.6) is 0 Å². The summed E-state index contributed by atoms with van der Waals surface area (Å²) in [5, 5.41) is 10.9. The van der Waals surface area contributed by atoms with Crippen molar-refractivity contribution < 1.29 is 0 Å². The lowest BCUT2D eigenvalue weighted by molar-refractivity contribution is 0.199. The molecule has 0 amide bonds. The zero-order valence-corrected chi connectivity index (χ0v) is 33.0. The first-order valence-corrected chi connectivity index (χ1v) is 20.9. The molecule has 8 aromatic carbocycles. The number of para-hydroxylation sites is 1. The Balaban J connectivity index is 1.04. The van der Waals surface area contributed by atoms with Crippen LogP contribution in [0.3, 0.4) is 0 Å². The molecule has 3 aromatic heterocycles. The van der Waals surface area contributed by atoms with E-state index in [1.165, 1.54) is 69.1 Å². The van der Waals surface area contributed by atoms with Crippen molar-refractivity contribution in [1.82, 2.24) is 19.4 Å². The first-order chi connectivity index (χ1) is 28.6. The molecule has 0 N–H and O–H groups in total. The molecule has 0 radical (unpaired) electrons. The van der Waals surface area contributed by atoms with Crippen LogP contribution in [0, 0.1) is 5.92 Å². The molecule has 4 heterocycles. The first kappa shape index (κ1) is 33.5. The molecule has 1 aliphatic heterocycles. The van der Waals surface area contributed by atoms with Gasteiger partial charge in [-0.25, -0.2) is 9.97 Å². The fraction of sp³-hybridized carbons (Fsp3) is 0.0943. The highest BCUT2D eigenvalue weighted by atomic mass is 32.1. The predicted molar refractivity (Wildman–Crippen MR) is 247 cm³/mol. The summed E-state index contributed by atoms with van der Waals surface area (Å²) < 4.78 is 5.02. The van der Waals surface area contributed by atoms with E-state index in [4.69, 9.17) is 9.97 Å². The molecule has 12 rings (SSSR count). The van der Waals surface area contributed by atoms with Crippen LogP contribution >= 0.6 is 11.3 Å². The molecule has 0 bridgehead atoms. The highest BCUT2D eigenvalue weighted by molar-refractivity contribution is 7.26. The van der Waals surface area contributed by atoms with Crippen molar-refractivity contribution >= 4 is 85.8 Å². The third kappa shape index (κ3) is 5.17. The van der Waals surface area contributed by atoms with Gasteiger partial charge in [-0.1, -0.05) is 140 Å². The summed E-state index contributed by atoms with van der Waals surface area (Å²) in [4.78, 5) is 13.4. The first-order valence-electron chi connectivity index (χ1n) is 20.1. The number of likely N-dealkylation sites (N-methyl/N-ethyl adjacent to an activating group) is 1. The van der Waals surface area contributed by atoms with Crippen LogP contribution in [-0.4, -0.2) is 33.0 Å². The van der Waals surface area contributed by atoms with Gasteiger partial charge in [0, 0.05) is 54.0 Å². The minimum Gasteiger partial charge on any atom is -0.320 e. The van der Waals surface area contributed by atoms with E-state index in [1.807, 2.05) is 11.3 Å². The lowest BCUT2D eigenvalue weighted by Gasteiger charge is -2.33. The molecule has 1 aliphatic rings. The average Bonchev–Trinajstić information content (AvgIpc) is 3.80. The van der Waals surface area contributed by atoms with E-state index in [9.17, 15) is 0 Å². The standard InChI is InChI=1S/C53H38N4S/c1-32-18-27-49(56(2)31-32)57-45-17-8-7-15-40(45)41-24-23-38(29-46(41)57)33-19-21-35(22-20-33)53-54-51(42-16-9-13-34-10-5-6-14-39(34)42)43-25-26-47-50(52(43)55-53)44-28-36-11-3-4-12-37(36)30-48(44)58-47/h3-30,32,49H,31H2,1-2H3. The Morgan fingerprint density at radius 1 is 0.534 bits per heavy atom. The zero-order valence-electron chi connectivity index (χ0n) is 32.2. The number of benzene rings is 8. The zero-order chi connectivity index (χ0) is 38.5. The molecular weight excluding hydrogens is 725 g/mol. The summed E-state index contributed by atoms with van der Waals surface area (Å²) in [6, 6.07) is 57.5. The Morgan fingerprint density at radius 3 is 2.07 bits per heavy atom. The number of nitrogens with zero attached hydrogens (tertiary/aromatic N) is 4. The van der Waals surface area contributed by atoms with E-state index in [2.05, 4.69) is 193 Å². The number of hydrogen-bond acceptors (Lipinski definition) is 4. The second-order valence-electron chi connectivity index (χ2n) is 16.0. The van der Waals surface area contributed by atoms with E-state index >= 15 is 0 Å². The molecular formula is C53H38N4S. The molecule has 11 aromatic rings. The smallest absolute Gasteiger partial charge is 0.160 e. The molecule has 0 saturated heterocycles. The van der Waals surface area contributed by atoms with Gasteiger partial charge in [0.05, 0.1) is 22.2 Å². The topological polar surface area (TPSA) is 34.0 Å². The largest absolute Gasteiger partial charge is 0.320 e. The van der Waals surface area contributed by atoms with E-state index in [0.29, 0.717) is 5.92 Å². The minimum absolute atomic E-state index is 0.155. The number of aromatic nitrogens is 3. The van der Waals surface area contributed by atoms with Gasteiger partial charge in [0.15, 0.2) is 5.82 Å². The molecule has 2 unspecified atom stereocenters. The highest BCUT2D eigenvalue weighted by Crippen LogP contribution is 2.43. The third-order valence-electron chi connectivity index (χ3n) is 12.3. The number of fused-ring (bicyclic) bond motifs is 10. The van der Waals surface area contributed by atoms with Gasteiger partial charge in [-0.2, -0.15) is 0 Å². The maximum Gasteiger partial charge on any atom is 0.160 e. The van der Waals surface area contributed by atoms with E-state index in [1.54, 1.807) is 0 Å². The SMILES string of the molecule is CC1C=CC(n2c3ccccc3c3ccc(-c4ccc(-c5nc(-c6cccc7ccccc67)c6ccc7sc8cc9ccccc9cc8c7c6n5)cc4)cc32)N(C)C1. The maximum absolute atomic E-state index is 5.47. The van der Waals surface area contributed by atoms with E-state index < -0.39 is 0 Å². The summed E-state index contributed by atoms with van der Waals surface area (Å²) in [5.74, 6) is 1.26.